The second-order valence-electron chi connectivity index (χ2n) is 7.25. The Morgan fingerprint density at radius 3 is 2.33 bits per heavy atom. The number of amides is 3. The minimum atomic E-state index is -0.984. The van der Waals surface area contributed by atoms with Crippen molar-refractivity contribution in [3.8, 4) is 0 Å². The van der Waals surface area contributed by atoms with Crippen LogP contribution < -0.4 is 5.32 Å². The summed E-state index contributed by atoms with van der Waals surface area (Å²) in [5.74, 6) is -1.81. The summed E-state index contributed by atoms with van der Waals surface area (Å²) < 4.78 is 5.15. The lowest BCUT2D eigenvalue weighted by atomic mass is 9.86. The number of nitrogens with one attached hydrogen (secondary N) is 1. The summed E-state index contributed by atoms with van der Waals surface area (Å²) in [5, 5.41) is 2.94. The van der Waals surface area contributed by atoms with Gasteiger partial charge in [0.05, 0.1) is 11.1 Å². The van der Waals surface area contributed by atoms with Gasteiger partial charge in [-0.3, -0.25) is 24.1 Å². The Morgan fingerprint density at radius 2 is 1.74 bits per heavy atom. The highest BCUT2D eigenvalue weighted by atomic mass is 16.5. The van der Waals surface area contributed by atoms with E-state index in [4.69, 9.17) is 4.74 Å². The molecular formula is C20H24N2O5. The highest BCUT2D eigenvalue weighted by Gasteiger charge is 2.37. The molecule has 3 amide bonds. The van der Waals surface area contributed by atoms with E-state index in [1.54, 1.807) is 24.3 Å². The van der Waals surface area contributed by atoms with Crippen LogP contribution in [0.4, 0.5) is 0 Å². The van der Waals surface area contributed by atoms with E-state index in [1.165, 1.54) is 13.3 Å². The summed E-state index contributed by atoms with van der Waals surface area (Å²) in [6.45, 7) is 3.08. The molecule has 1 aliphatic carbocycles. The molecule has 1 aromatic carbocycles. The molecule has 0 spiro atoms. The fraction of sp³-hybridized carbons (Fsp3) is 0.500. The van der Waals surface area contributed by atoms with Gasteiger partial charge < -0.3 is 10.1 Å². The predicted octanol–water partition coefficient (Wildman–Crippen LogP) is 1.91. The van der Waals surface area contributed by atoms with Crippen LogP contribution in [0.15, 0.2) is 24.3 Å². The number of fused-ring (bicyclic) bond motifs is 1. The topological polar surface area (TPSA) is 92.8 Å². The van der Waals surface area contributed by atoms with Gasteiger partial charge in [-0.2, -0.15) is 0 Å². The first-order valence-corrected chi connectivity index (χ1v) is 9.33. The number of benzene rings is 1. The van der Waals surface area contributed by atoms with Crippen molar-refractivity contribution in [2.24, 2.45) is 5.92 Å². The largest absolute Gasteiger partial charge is 0.451 e. The van der Waals surface area contributed by atoms with E-state index >= 15 is 0 Å². The van der Waals surface area contributed by atoms with Crippen molar-refractivity contribution in [1.82, 2.24) is 10.2 Å². The lowest BCUT2D eigenvalue weighted by Crippen LogP contribution is -2.46. The zero-order chi connectivity index (χ0) is 19.6. The molecular weight excluding hydrogens is 348 g/mol. The average Bonchev–Trinajstić information content (AvgIpc) is 2.89. The number of hydrogen-bond acceptors (Lipinski definition) is 5. The molecule has 1 N–H and O–H groups in total. The molecule has 7 heteroatoms. The minimum Gasteiger partial charge on any atom is -0.451 e. The lowest BCUT2D eigenvalue weighted by molar-refractivity contribution is -0.155. The van der Waals surface area contributed by atoms with Crippen molar-refractivity contribution in [1.29, 1.82) is 0 Å². The number of nitrogens with zero attached hydrogens (tertiary/aromatic N) is 1. The summed E-state index contributed by atoms with van der Waals surface area (Å²) >= 11 is 0. The maximum atomic E-state index is 12.3. The number of carbonyl (C=O) groups excluding carboxylic acids is 4. The van der Waals surface area contributed by atoms with Crippen LogP contribution in [0.3, 0.4) is 0 Å². The highest BCUT2D eigenvalue weighted by molar-refractivity contribution is 6.22. The molecule has 1 fully saturated rings. The fourth-order valence-electron chi connectivity index (χ4n) is 3.63. The molecule has 0 aromatic heterocycles. The maximum absolute atomic E-state index is 12.3. The van der Waals surface area contributed by atoms with Gasteiger partial charge in [0.15, 0.2) is 6.10 Å². The molecule has 3 atom stereocenters. The van der Waals surface area contributed by atoms with Gasteiger partial charge in [-0.05, 0) is 37.8 Å². The van der Waals surface area contributed by atoms with E-state index in [0.29, 0.717) is 5.92 Å². The third kappa shape index (κ3) is 4.02. The van der Waals surface area contributed by atoms with Crippen LogP contribution in [0.1, 0.15) is 60.2 Å². The Balaban J connectivity index is 1.54. The molecule has 1 heterocycles. The number of ether oxygens (including phenoxy) is 1. The number of carbonyl (C=O) groups is 4. The number of imide groups is 1. The highest BCUT2D eigenvalue weighted by Crippen LogP contribution is 2.24. The van der Waals surface area contributed by atoms with E-state index in [1.807, 2.05) is 0 Å². The van der Waals surface area contributed by atoms with Gasteiger partial charge in [-0.15, -0.1) is 0 Å². The molecule has 27 heavy (non-hydrogen) atoms. The molecule has 0 bridgehead atoms. The Bertz CT molecular complexity index is 740. The van der Waals surface area contributed by atoms with Crippen LogP contribution in [-0.4, -0.2) is 47.3 Å². The van der Waals surface area contributed by atoms with E-state index in [2.05, 4.69) is 12.2 Å². The van der Waals surface area contributed by atoms with Crippen LogP contribution in [0.25, 0.3) is 0 Å². The molecule has 2 aliphatic rings. The molecule has 0 unspecified atom stereocenters. The van der Waals surface area contributed by atoms with Gasteiger partial charge in [0.25, 0.3) is 17.7 Å². The van der Waals surface area contributed by atoms with Crippen molar-refractivity contribution in [3.63, 3.8) is 0 Å². The smallest absolute Gasteiger partial charge is 0.326 e. The van der Waals surface area contributed by atoms with Crippen molar-refractivity contribution in [2.75, 3.05) is 6.54 Å². The zero-order valence-corrected chi connectivity index (χ0v) is 15.6. The average molecular weight is 372 g/mol. The van der Waals surface area contributed by atoms with Crippen LogP contribution in [0.2, 0.25) is 0 Å². The van der Waals surface area contributed by atoms with Gasteiger partial charge in [-0.25, -0.2) is 0 Å². The third-order valence-electron chi connectivity index (χ3n) is 5.28. The molecule has 144 valence electrons. The molecule has 7 nitrogen and oxygen atoms in total. The van der Waals surface area contributed by atoms with E-state index < -0.39 is 30.4 Å². The molecule has 0 saturated heterocycles. The summed E-state index contributed by atoms with van der Waals surface area (Å²) in [4.78, 5) is 49.9. The zero-order valence-electron chi connectivity index (χ0n) is 15.6. The quantitative estimate of drug-likeness (QED) is 0.630. The number of esters is 1. The molecule has 0 radical (unpaired) electrons. The third-order valence-corrected chi connectivity index (χ3v) is 5.28. The summed E-state index contributed by atoms with van der Waals surface area (Å²) in [5.41, 5.74) is 0.541. The van der Waals surface area contributed by atoms with E-state index in [-0.39, 0.29) is 23.1 Å². The Morgan fingerprint density at radius 1 is 1.15 bits per heavy atom. The maximum Gasteiger partial charge on any atom is 0.326 e. The van der Waals surface area contributed by atoms with Gasteiger partial charge in [-0.1, -0.05) is 31.9 Å². The van der Waals surface area contributed by atoms with Gasteiger partial charge in [0, 0.05) is 6.04 Å². The van der Waals surface area contributed by atoms with Gasteiger partial charge in [0.2, 0.25) is 0 Å². The predicted molar refractivity (Wildman–Crippen MR) is 96.9 cm³/mol. The number of hydrogen-bond donors (Lipinski definition) is 1. The summed E-state index contributed by atoms with van der Waals surface area (Å²) in [6.07, 6.45) is 3.24. The first-order chi connectivity index (χ1) is 12.9. The molecule has 1 aromatic rings. The first-order valence-electron chi connectivity index (χ1n) is 9.33. The van der Waals surface area contributed by atoms with Crippen molar-refractivity contribution in [2.45, 2.75) is 51.7 Å². The van der Waals surface area contributed by atoms with E-state index in [0.717, 1.165) is 24.2 Å². The van der Waals surface area contributed by atoms with E-state index in [9.17, 15) is 19.2 Å². The first kappa shape index (κ1) is 19.1. The van der Waals surface area contributed by atoms with Crippen molar-refractivity contribution in [3.05, 3.63) is 35.4 Å². The lowest BCUT2D eigenvalue weighted by Gasteiger charge is -2.30. The normalized spacial score (nSPS) is 23.0. The van der Waals surface area contributed by atoms with Crippen LogP contribution in [0, 0.1) is 5.92 Å². The monoisotopic (exact) mass is 372 g/mol. The Labute approximate surface area is 158 Å². The van der Waals surface area contributed by atoms with Gasteiger partial charge in [0.1, 0.15) is 6.54 Å². The second-order valence-corrected chi connectivity index (χ2v) is 7.25. The van der Waals surface area contributed by atoms with Crippen molar-refractivity contribution < 1.29 is 23.9 Å². The standard InChI is InChI=1S/C20H24N2O5/c1-12-7-3-6-10-16(12)21-18(24)13(2)27-17(23)11-22-19(25)14-8-4-5-9-15(14)20(22)26/h4-5,8-9,12-13,16H,3,6-7,10-11H2,1-2H3,(H,21,24)/t12-,13-,16-/m0/s1. The second kappa shape index (κ2) is 7.90. The van der Waals surface area contributed by atoms with Crippen LogP contribution in [-0.2, 0) is 14.3 Å². The van der Waals surface area contributed by atoms with Crippen molar-refractivity contribution >= 4 is 23.7 Å². The van der Waals surface area contributed by atoms with Crippen LogP contribution >= 0.6 is 0 Å². The Hall–Kier alpha value is -2.70. The minimum absolute atomic E-state index is 0.0867. The summed E-state index contributed by atoms with van der Waals surface area (Å²) in [7, 11) is 0. The Kier molecular flexibility index (Phi) is 5.58. The molecule has 1 aliphatic heterocycles. The van der Waals surface area contributed by atoms with Gasteiger partial charge >= 0.3 is 5.97 Å². The van der Waals surface area contributed by atoms with Crippen LogP contribution in [0.5, 0.6) is 0 Å². The molecule has 3 rings (SSSR count). The fourth-order valence-corrected chi connectivity index (χ4v) is 3.63. The summed E-state index contributed by atoms with van der Waals surface area (Å²) in [6, 6.07) is 6.49. The number of rotatable bonds is 5. The SMILES string of the molecule is C[C@H](OC(=O)CN1C(=O)c2ccccc2C1=O)C(=O)N[C@H]1CCCC[C@@H]1C. The molecule has 1 saturated carbocycles.